The van der Waals surface area contributed by atoms with Crippen LogP contribution in [0.15, 0.2) is 0 Å². The normalized spacial score (nSPS) is 10.8. The van der Waals surface area contributed by atoms with Crippen molar-refractivity contribution in [2.45, 2.75) is 110 Å². The summed E-state index contributed by atoms with van der Waals surface area (Å²) in [6.45, 7) is 3.26. The zero-order chi connectivity index (χ0) is 18.6. The Morgan fingerprint density at radius 1 is 0.654 bits per heavy atom. The van der Waals surface area contributed by atoms with Crippen LogP contribution in [-0.4, -0.2) is 38.1 Å². The Morgan fingerprint density at radius 3 is 1.35 bits per heavy atom. The molecule has 0 saturated heterocycles. The zero-order valence-electron chi connectivity index (χ0n) is 17.9. The molecule has 0 radical (unpaired) electrons. The summed E-state index contributed by atoms with van der Waals surface area (Å²) >= 11 is 0. The minimum absolute atomic E-state index is 0. The first-order chi connectivity index (χ1) is 12.2. The predicted molar refractivity (Wildman–Crippen MR) is 116 cm³/mol. The van der Waals surface area contributed by atoms with Crippen molar-refractivity contribution >= 4 is 18.4 Å². The second-order valence-corrected chi connectivity index (χ2v) is 7.76. The summed E-state index contributed by atoms with van der Waals surface area (Å²) in [6, 6.07) is 0. The number of halogens is 1. The second kappa shape index (κ2) is 22.8. The van der Waals surface area contributed by atoms with E-state index in [2.05, 4.69) is 6.92 Å². The van der Waals surface area contributed by atoms with Gasteiger partial charge in [-0.1, -0.05) is 103 Å². The summed E-state index contributed by atoms with van der Waals surface area (Å²) in [7, 11) is 3.77. The molecule has 158 valence electrons. The molecule has 0 amide bonds. The number of hydrogen-bond acceptors (Lipinski definition) is 3. The van der Waals surface area contributed by atoms with Crippen molar-refractivity contribution in [1.82, 2.24) is 4.90 Å². The number of rotatable bonds is 19. The number of hydrogen-bond donors (Lipinski definition) is 0. The molecular formula is C22H46ClNO2. The van der Waals surface area contributed by atoms with Crippen LogP contribution in [0.25, 0.3) is 0 Å². The van der Waals surface area contributed by atoms with Gasteiger partial charge in [-0.3, -0.25) is 9.69 Å². The van der Waals surface area contributed by atoms with Crippen LogP contribution in [-0.2, 0) is 9.53 Å². The van der Waals surface area contributed by atoms with Gasteiger partial charge in [-0.15, -0.1) is 12.4 Å². The third kappa shape index (κ3) is 23.7. The summed E-state index contributed by atoms with van der Waals surface area (Å²) in [6.07, 6.45) is 21.9. The highest BCUT2D eigenvalue weighted by molar-refractivity contribution is 5.85. The van der Waals surface area contributed by atoms with Gasteiger partial charge in [0.15, 0.2) is 0 Å². The van der Waals surface area contributed by atoms with E-state index in [4.69, 9.17) is 4.74 Å². The molecule has 0 unspecified atom stereocenters. The predicted octanol–water partition coefficient (Wildman–Crippen LogP) is 6.77. The molecule has 0 rings (SSSR count). The van der Waals surface area contributed by atoms with Gasteiger partial charge in [0.25, 0.3) is 0 Å². The Balaban J connectivity index is 0. The molecule has 0 aromatic carbocycles. The molecule has 0 N–H and O–H groups in total. The van der Waals surface area contributed by atoms with E-state index >= 15 is 0 Å². The molecule has 3 nitrogen and oxygen atoms in total. The van der Waals surface area contributed by atoms with E-state index in [1.807, 2.05) is 19.0 Å². The molecule has 0 aromatic rings. The smallest absolute Gasteiger partial charge is 0.320 e. The molecule has 0 aliphatic rings. The Kier molecular flexibility index (Phi) is 24.5. The fraction of sp³-hybridized carbons (Fsp3) is 0.955. The molecule has 0 heterocycles. The van der Waals surface area contributed by atoms with Gasteiger partial charge in [0.2, 0.25) is 0 Å². The minimum atomic E-state index is -0.106. The summed E-state index contributed by atoms with van der Waals surface area (Å²) in [5, 5.41) is 0. The summed E-state index contributed by atoms with van der Waals surface area (Å²) in [5.41, 5.74) is 0. The van der Waals surface area contributed by atoms with E-state index in [1.54, 1.807) is 0 Å². The van der Waals surface area contributed by atoms with Crippen LogP contribution in [0, 0.1) is 0 Å². The van der Waals surface area contributed by atoms with Crippen molar-refractivity contribution in [2.75, 3.05) is 27.2 Å². The van der Waals surface area contributed by atoms with E-state index in [0.717, 1.165) is 6.42 Å². The SMILES string of the molecule is CCCCCCCCCCCCCCCCCCOC(=O)CN(C)C.Cl. The van der Waals surface area contributed by atoms with E-state index in [1.165, 1.54) is 96.3 Å². The second-order valence-electron chi connectivity index (χ2n) is 7.76. The van der Waals surface area contributed by atoms with Crippen LogP contribution in [0.1, 0.15) is 110 Å². The van der Waals surface area contributed by atoms with Gasteiger partial charge in [0.05, 0.1) is 13.2 Å². The fourth-order valence-electron chi connectivity index (χ4n) is 3.14. The van der Waals surface area contributed by atoms with Gasteiger partial charge < -0.3 is 4.74 Å². The van der Waals surface area contributed by atoms with Crippen LogP contribution in [0.5, 0.6) is 0 Å². The zero-order valence-corrected chi connectivity index (χ0v) is 18.7. The van der Waals surface area contributed by atoms with Crippen LogP contribution in [0.4, 0.5) is 0 Å². The molecule has 0 atom stereocenters. The maximum atomic E-state index is 11.3. The molecule has 0 spiro atoms. The van der Waals surface area contributed by atoms with Crippen molar-refractivity contribution in [3.8, 4) is 0 Å². The maximum absolute atomic E-state index is 11.3. The Morgan fingerprint density at radius 2 is 1.00 bits per heavy atom. The van der Waals surface area contributed by atoms with Gasteiger partial charge in [0.1, 0.15) is 0 Å². The molecule has 0 aromatic heterocycles. The quantitative estimate of drug-likeness (QED) is 0.179. The molecule has 0 aliphatic heterocycles. The van der Waals surface area contributed by atoms with Crippen molar-refractivity contribution in [3.63, 3.8) is 0 Å². The Bertz CT molecular complexity index is 285. The first-order valence-electron chi connectivity index (χ1n) is 11.0. The van der Waals surface area contributed by atoms with Gasteiger partial charge >= 0.3 is 5.97 Å². The van der Waals surface area contributed by atoms with Crippen LogP contribution in [0.3, 0.4) is 0 Å². The summed E-state index contributed by atoms with van der Waals surface area (Å²) in [4.78, 5) is 13.2. The highest BCUT2D eigenvalue weighted by atomic mass is 35.5. The lowest BCUT2D eigenvalue weighted by molar-refractivity contribution is -0.144. The van der Waals surface area contributed by atoms with Gasteiger partial charge in [-0.05, 0) is 20.5 Å². The van der Waals surface area contributed by atoms with Crippen LogP contribution in [0.2, 0.25) is 0 Å². The monoisotopic (exact) mass is 391 g/mol. The summed E-state index contributed by atoms with van der Waals surface area (Å²) in [5.74, 6) is -0.106. The highest BCUT2D eigenvalue weighted by Crippen LogP contribution is 2.13. The standard InChI is InChI=1S/C22H45NO2.ClH/c1-4-5-6-7-8-9-10-11-12-13-14-15-16-17-18-19-20-25-22(24)21-23(2)3;/h4-21H2,1-3H3;1H. The Hall–Kier alpha value is -0.280. The van der Waals surface area contributed by atoms with Crippen LogP contribution < -0.4 is 0 Å². The highest BCUT2D eigenvalue weighted by Gasteiger charge is 2.03. The third-order valence-electron chi connectivity index (χ3n) is 4.71. The van der Waals surface area contributed by atoms with Gasteiger partial charge in [-0.2, -0.15) is 0 Å². The van der Waals surface area contributed by atoms with Crippen molar-refractivity contribution in [1.29, 1.82) is 0 Å². The number of nitrogens with zero attached hydrogens (tertiary/aromatic N) is 1. The topological polar surface area (TPSA) is 29.5 Å². The number of ether oxygens (including phenoxy) is 1. The first-order valence-corrected chi connectivity index (χ1v) is 11.0. The first kappa shape index (κ1) is 27.9. The number of carbonyl (C=O) groups is 1. The minimum Gasteiger partial charge on any atom is -0.465 e. The number of likely N-dealkylation sites (N-methyl/N-ethyl adjacent to an activating group) is 1. The largest absolute Gasteiger partial charge is 0.465 e. The van der Waals surface area contributed by atoms with Gasteiger partial charge in [0, 0.05) is 0 Å². The molecule has 0 fully saturated rings. The van der Waals surface area contributed by atoms with Gasteiger partial charge in [-0.25, -0.2) is 0 Å². The van der Waals surface area contributed by atoms with E-state index < -0.39 is 0 Å². The molecular weight excluding hydrogens is 346 g/mol. The number of esters is 1. The Labute approximate surface area is 170 Å². The summed E-state index contributed by atoms with van der Waals surface area (Å²) < 4.78 is 5.19. The van der Waals surface area contributed by atoms with E-state index in [-0.39, 0.29) is 18.4 Å². The molecule has 26 heavy (non-hydrogen) atoms. The maximum Gasteiger partial charge on any atom is 0.320 e. The molecule has 0 bridgehead atoms. The van der Waals surface area contributed by atoms with E-state index in [9.17, 15) is 4.79 Å². The molecule has 4 heteroatoms. The van der Waals surface area contributed by atoms with Crippen molar-refractivity contribution in [2.24, 2.45) is 0 Å². The average Bonchev–Trinajstić information content (AvgIpc) is 2.57. The van der Waals surface area contributed by atoms with Crippen LogP contribution >= 0.6 is 12.4 Å². The molecule has 0 aliphatic carbocycles. The third-order valence-corrected chi connectivity index (χ3v) is 4.71. The number of unbranched alkanes of at least 4 members (excludes halogenated alkanes) is 15. The average molecular weight is 392 g/mol. The molecule has 0 saturated carbocycles. The number of carbonyl (C=O) groups excluding carboxylic acids is 1. The van der Waals surface area contributed by atoms with E-state index in [0.29, 0.717) is 13.2 Å². The fourth-order valence-corrected chi connectivity index (χ4v) is 3.14. The lowest BCUT2D eigenvalue weighted by Gasteiger charge is -2.09. The van der Waals surface area contributed by atoms with Crippen molar-refractivity contribution in [3.05, 3.63) is 0 Å². The lowest BCUT2D eigenvalue weighted by atomic mass is 10.0. The van der Waals surface area contributed by atoms with Crippen molar-refractivity contribution < 1.29 is 9.53 Å². The lowest BCUT2D eigenvalue weighted by Crippen LogP contribution is -2.23.